The van der Waals surface area contributed by atoms with Gasteiger partial charge in [-0.3, -0.25) is 0 Å². The summed E-state index contributed by atoms with van der Waals surface area (Å²) in [5.74, 6) is -1.07. The van der Waals surface area contributed by atoms with Crippen LogP contribution in [0.3, 0.4) is 0 Å². The average Bonchev–Trinajstić information content (AvgIpc) is 2.61. The van der Waals surface area contributed by atoms with Crippen LogP contribution in [-0.4, -0.2) is 80.2 Å². The Hall–Kier alpha value is -1.44. The number of carboxylic acids is 1. The zero-order valence-electron chi connectivity index (χ0n) is 16.6. The first-order chi connectivity index (χ1) is 13.1. The maximum atomic E-state index is 12.1. The van der Waals surface area contributed by atoms with Crippen molar-refractivity contribution in [2.75, 3.05) is 0 Å². The summed E-state index contributed by atoms with van der Waals surface area (Å²) in [6.45, 7) is 8.91. The fourth-order valence-electron chi connectivity index (χ4n) is 2.78. The van der Waals surface area contributed by atoms with Crippen LogP contribution in [0.15, 0.2) is 66.7 Å². The van der Waals surface area contributed by atoms with Crippen LogP contribution in [0.5, 0.6) is 0 Å². The third-order valence-electron chi connectivity index (χ3n) is 4.06. The molecule has 0 fully saturated rings. The second-order valence-electron chi connectivity index (χ2n) is 7.72. The van der Waals surface area contributed by atoms with Gasteiger partial charge in [0.1, 0.15) is 5.60 Å². The number of carboxylic acid groups (broad SMARTS) is 1. The SMILES string of the molecule is C=C(CC(Cc1ccc(-c2ccccc2)cc1)NC(=O)OC(C)(C)C)C(=O)O.[KH]. The molecule has 2 aromatic carbocycles. The van der Waals surface area contributed by atoms with Crippen molar-refractivity contribution in [3.63, 3.8) is 0 Å². The molecule has 150 valence electrons. The van der Waals surface area contributed by atoms with Gasteiger partial charge >= 0.3 is 63.4 Å². The standard InChI is InChI=1S/C23H27NO4.K.H/c1-16(21(25)26)14-20(24-22(27)28-23(2,3)4)15-17-10-12-19(13-11-17)18-8-6-5-7-9-18;;/h5-13,20H,1,14-15H2,2-4H3,(H,24,27)(H,25,26);;. The molecule has 1 amide bonds. The van der Waals surface area contributed by atoms with Crippen LogP contribution >= 0.6 is 0 Å². The summed E-state index contributed by atoms with van der Waals surface area (Å²) in [5, 5.41) is 11.9. The summed E-state index contributed by atoms with van der Waals surface area (Å²) in [6, 6.07) is 17.6. The Morgan fingerprint density at radius 1 is 1.03 bits per heavy atom. The van der Waals surface area contributed by atoms with Crippen molar-refractivity contribution in [1.82, 2.24) is 5.32 Å². The second kappa shape index (κ2) is 11.7. The quantitative estimate of drug-likeness (QED) is 0.520. The van der Waals surface area contributed by atoms with Crippen LogP contribution in [0.4, 0.5) is 4.79 Å². The molecule has 29 heavy (non-hydrogen) atoms. The summed E-state index contributed by atoms with van der Waals surface area (Å²) < 4.78 is 5.30. The summed E-state index contributed by atoms with van der Waals surface area (Å²) in [6.07, 6.45) is 0.0342. The summed E-state index contributed by atoms with van der Waals surface area (Å²) in [4.78, 5) is 23.3. The van der Waals surface area contributed by atoms with Crippen molar-refractivity contribution in [2.24, 2.45) is 0 Å². The Bertz CT molecular complexity index is 826. The van der Waals surface area contributed by atoms with Crippen molar-refractivity contribution >= 4 is 63.4 Å². The Morgan fingerprint density at radius 2 is 1.59 bits per heavy atom. The molecule has 0 aliphatic rings. The Morgan fingerprint density at radius 3 is 2.10 bits per heavy atom. The van der Waals surface area contributed by atoms with Crippen molar-refractivity contribution in [2.45, 2.75) is 45.3 Å². The number of ether oxygens (including phenoxy) is 1. The molecule has 0 aliphatic carbocycles. The van der Waals surface area contributed by atoms with Gasteiger partial charge in [0, 0.05) is 11.6 Å². The Balaban J connectivity index is 0.00000420. The van der Waals surface area contributed by atoms with E-state index in [0.29, 0.717) is 6.42 Å². The molecule has 6 heteroatoms. The maximum absolute atomic E-state index is 12.1. The minimum atomic E-state index is -1.07. The topological polar surface area (TPSA) is 75.6 Å². The number of hydrogen-bond acceptors (Lipinski definition) is 3. The van der Waals surface area contributed by atoms with E-state index in [0.717, 1.165) is 16.7 Å². The first-order valence-corrected chi connectivity index (χ1v) is 9.19. The number of benzene rings is 2. The van der Waals surface area contributed by atoms with Crippen LogP contribution < -0.4 is 5.32 Å². The van der Waals surface area contributed by atoms with Crippen LogP contribution in [0.2, 0.25) is 0 Å². The van der Waals surface area contributed by atoms with E-state index < -0.39 is 23.7 Å². The molecule has 1 atom stereocenters. The number of aliphatic carboxylic acids is 1. The summed E-state index contributed by atoms with van der Waals surface area (Å²) >= 11 is 0. The fraction of sp³-hybridized carbons (Fsp3) is 0.304. The molecule has 0 bridgehead atoms. The van der Waals surface area contributed by atoms with Crippen molar-refractivity contribution in [3.8, 4) is 11.1 Å². The molecular formula is C23H28KNO4. The van der Waals surface area contributed by atoms with Crippen molar-refractivity contribution < 1.29 is 19.4 Å². The van der Waals surface area contributed by atoms with E-state index in [1.165, 1.54) is 0 Å². The van der Waals surface area contributed by atoms with Crippen LogP contribution in [0, 0.1) is 0 Å². The third kappa shape index (κ3) is 9.27. The Kier molecular flexibility index (Phi) is 10.3. The van der Waals surface area contributed by atoms with Crippen LogP contribution in [-0.2, 0) is 16.0 Å². The van der Waals surface area contributed by atoms with E-state index in [4.69, 9.17) is 9.84 Å². The minimum absolute atomic E-state index is 0. The van der Waals surface area contributed by atoms with Gasteiger partial charge < -0.3 is 15.2 Å². The van der Waals surface area contributed by atoms with Crippen LogP contribution in [0.25, 0.3) is 11.1 Å². The first kappa shape index (κ1) is 25.6. The van der Waals surface area contributed by atoms with Gasteiger partial charge in [0.25, 0.3) is 0 Å². The molecule has 0 heterocycles. The zero-order valence-corrected chi connectivity index (χ0v) is 16.6. The molecule has 5 nitrogen and oxygen atoms in total. The monoisotopic (exact) mass is 421 g/mol. The predicted octanol–water partition coefficient (Wildman–Crippen LogP) is 4.17. The molecule has 0 saturated heterocycles. The van der Waals surface area contributed by atoms with E-state index in [2.05, 4.69) is 11.9 Å². The number of carbonyl (C=O) groups excluding carboxylic acids is 1. The number of nitrogens with one attached hydrogen (secondary N) is 1. The summed E-state index contributed by atoms with van der Waals surface area (Å²) in [5.41, 5.74) is 2.61. The molecule has 0 spiro atoms. The fourth-order valence-corrected chi connectivity index (χ4v) is 2.78. The average molecular weight is 422 g/mol. The molecule has 2 aromatic rings. The van der Waals surface area contributed by atoms with Gasteiger partial charge in [-0.05, 0) is 50.3 Å². The van der Waals surface area contributed by atoms with Crippen molar-refractivity contribution in [3.05, 3.63) is 72.3 Å². The molecule has 0 aromatic heterocycles. The molecule has 0 radical (unpaired) electrons. The van der Waals surface area contributed by atoms with Crippen LogP contribution in [0.1, 0.15) is 32.8 Å². The summed E-state index contributed by atoms with van der Waals surface area (Å²) in [7, 11) is 0. The van der Waals surface area contributed by atoms with Crippen molar-refractivity contribution in [1.29, 1.82) is 0 Å². The van der Waals surface area contributed by atoms with E-state index >= 15 is 0 Å². The van der Waals surface area contributed by atoms with Gasteiger partial charge in [-0.2, -0.15) is 0 Å². The van der Waals surface area contributed by atoms with Gasteiger partial charge in [0.2, 0.25) is 0 Å². The van der Waals surface area contributed by atoms with E-state index in [-0.39, 0.29) is 63.4 Å². The number of alkyl carbamates (subject to hydrolysis) is 1. The molecule has 1 unspecified atom stereocenters. The van der Waals surface area contributed by atoms with E-state index in [9.17, 15) is 9.59 Å². The molecule has 0 aliphatic heterocycles. The number of amides is 1. The van der Waals surface area contributed by atoms with Gasteiger partial charge in [-0.25, -0.2) is 9.59 Å². The first-order valence-electron chi connectivity index (χ1n) is 9.19. The van der Waals surface area contributed by atoms with E-state index in [1.807, 2.05) is 54.6 Å². The van der Waals surface area contributed by atoms with E-state index in [1.54, 1.807) is 20.8 Å². The number of rotatable bonds is 7. The van der Waals surface area contributed by atoms with Gasteiger partial charge in [-0.1, -0.05) is 61.2 Å². The third-order valence-corrected chi connectivity index (χ3v) is 4.06. The van der Waals surface area contributed by atoms with Gasteiger partial charge in [0.05, 0.1) is 0 Å². The number of hydrogen-bond donors (Lipinski definition) is 2. The second-order valence-corrected chi connectivity index (χ2v) is 7.72. The van der Waals surface area contributed by atoms with Gasteiger partial charge in [-0.15, -0.1) is 0 Å². The zero-order chi connectivity index (χ0) is 20.7. The normalized spacial score (nSPS) is 11.7. The molecule has 2 N–H and O–H groups in total. The van der Waals surface area contributed by atoms with Gasteiger partial charge in [0.15, 0.2) is 0 Å². The Labute approximate surface area is 215 Å². The molecule has 2 rings (SSSR count). The number of carbonyl (C=O) groups is 2. The molecular weight excluding hydrogens is 393 g/mol. The molecule has 0 saturated carbocycles. The predicted molar refractivity (Wildman–Crippen MR) is 117 cm³/mol.